The zero-order chi connectivity index (χ0) is 11.5. The first kappa shape index (κ1) is 10.4. The summed E-state index contributed by atoms with van der Waals surface area (Å²) in [5, 5.41) is 3.76. The lowest BCUT2D eigenvalue weighted by molar-refractivity contribution is -0.132. The van der Waals surface area contributed by atoms with Crippen molar-refractivity contribution >= 4 is 17.6 Å². The Morgan fingerprint density at radius 3 is 2.94 bits per heavy atom. The third-order valence-electron chi connectivity index (χ3n) is 2.29. The van der Waals surface area contributed by atoms with Crippen molar-refractivity contribution in [2.75, 3.05) is 7.11 Å². The molecule has 1 aromatic carbocycles. The second-order valence-corrected chi connectivity index (χ2v) is 3.32. The van der Waals surface area contributed by atoms with Gasteiger partial charge in [0.05, 0.1) is 13.5 Å². The maximum atomic E-state index is 11.5. The molecule has 1 amide bonds. The van der Waals surface area contributed by atoms with E-state index in [0.29, 0.717) is 5.56 Å². The van der Waals surface area contributed by atoms with Crippen LogP contribution in [-0.4, -0.2) is 24.7 Å². The van der Waals surface area contributed by atoms with Crippen LogP contribution < -0.4 is 5.43 Å². The average molecular weight is 218 g/mol. The van der Waals surface area contributed by atoms with Crippen molar-refractivity contribution in [1.82, 2.24) is 5.43 Å². The average Bonchev–Trinajstić information content (AvgIpc) is 2.46. The first-order chi connectivity index (χ1) is 7.72. The van der Waals surface area contributed by atoms with Crippen LogP contribution in [0.2, 0.25) is 0 Å². The molecule has 82 valence electrons. The number of fused-ring (bicyclic) bond motifs is 1. The van der Waals surface area contributed by atoms with Gasteiger partial charge in [-0.15, -0.1) is 0 Å². The van der Waals surface area contributed by atoms with Gasteiger partial charge in [-0.05, 0) is 5.56 Å². The number of benzene rings is 1. The number of amides is 1. The van der Waals surface area contributed by atoms with Crippen LogP contribution in [0.1, 0.15) is 11.1 Å². The molecular formula is C11H10N2O3. The minimum Gasteiger partial charge on any atom is -0.464 e. The van der Waals surface area contributed by atoms with Gasteiger partial charge >= 0.3 is 5.97 Å². The fraction of sp³-hybridized carbons (Fsp3) is 0.182. The van der Waals surface area contributed by atoms with Crippen molar-refractivity contribution in [2.45, 2.75) is 6.42 Å². The van der Waals surface area contributed by atoms with Crippen LogP contribution in [0.15, 0.2) is 29.4 Å². The molecule has 5 heteroatoms. The Balaban J connectivity index is 2.53. The normalized spacial score (nSPS) is 14.3. The lowest BCUT2D eigenvalue weighted by Gasteiger charge is -2.05. The first-order valence-electron chi connectivity index (χ1n) is 4.75. The van der Waals surface area contributed by atoms with Gasteiger partial charge in [-0.1, -0.05) is 24.3 Å². The van der Waals surface area contributed by atoms with Crippen LogP contribution in [0.5, 0.6) is 0 Å². The zero-order valence-corrected chi connectivity index (χ0v) is 8.69. The molecule has 1 N–H and O–H groups in total. The number of ether oxygens (including phenoxy) is 1. The minimum absolute atomic E-state index is 0.129. The topological polar surface area (TPSA) is 67.8 Å². The Morgan fingerprint density at radius 2 is 2.19 bits per heavy atom. The molecule has 1 aliphatic rings. The Morgan fingerprint density at radius 1 is 1.44 bits per heavy atom. The van der Waals surface area contributed by atoms with Gasteiger partial charge in [0, 0.05) is 5.56 Å². The number of hydrogen-bond acceptors (Lipinski definition) is 4. The highest BCUT2D eigenvalue weighted by atomic mass is 16.5. The monoisotopic (exact) mass is 218 g/mol. The number of carbonyl (C=O) groups excluding carboxylic acids is 2. The van der Waals surface area contributed by atoms with Gasteiger partial charge in [0.2, 0.25) is 5.91 Å². The molecule has 0 unspecified atom stereocenters. The third-order valence-corrected chi connectivity index (χ3v) is 2.29. The largest absolute Gasteiger partial charge is 0.464 e. The summed E-state index contributed by atoms with van der Waals surface area (Å²) in [7, 11) is 1.28. The van der Waals surface area contributed by atoms with Gasteiger partial charge in [0.15, 0.2) is 5.71 Å². The predicted octanol–water partition coefficient (Wildman–Crippen LogP) is 0.236. The summed E-state index contributed by atoms with van der Waals surface area (Å²) in [5.41, 5.74) is 3.83. The van der Waals surface area contributed by atoms with Crippen molar-refractivity contribution in [3.05, 3.63) is 35.4 Å². The molecule has 2 rings (SSSR count). The number of carbonyl (C=O) groups is 2. The van der Waals surface area contributed by atoms with Gasteiger partial charge in [-0.2, -0.15) is 5.10 Å². The molecule has 0 radical (unpaired) electrons. The summed E-state index contributed by atoms with van der Waals surface area (Å²) in [4.78, 5) is 22.8. The molecular weight excluding hydrogens is 208 g/mol. The third kappa shape index (κ3) is 1.79. The number of hydrogen-bond donors (Lipinski definition) is 1. The van der Waals surface area contributed by atoms with E-state index < -0.39 is 5.97 Å². The zero-order valence-electron chi connectivity index (χ0n) is 8.69. The molecule has 0 bridgehead atoms. The van der Waals surface area contributed by atoms with Gasteiger partial charge in [0.1, 0.15) is 0 Å². The van der Waals surface area contributed by atoms with Crippen LogP contribution in [0, 0.1) is 0 Å². The maximum absolute atomic E-state index is 11.5. The van der Waals surface area contributed by atoms with Crippen molar-refractivity contribution in [3.8, 4) is 0 Å². The standard InChI is InChI=1S/C11H10N2O3/c1-16-11(15)10-8-5-3-2-4-7(8)6-9(14)12-13-10/h2-5H,6H2,1H3,(H,12,14). The molecule has 0 fully saturated rings. The summed E-state index contributed by atoms with van der Waals surface area (Å²) < 4.78 is 4.62. The van der Waals surface area contributed by atoms with E-state index in [9.17, 15) is 9.59 Å². The molecule has 0 spiro atoms. The lowest BCUT2D eigenvalue weighted by Crippen LogP contribution is -2.21. The SMILES string of the molecule is COC(=O)C1=NNC(=O)Cc2ccccc21. The summed E-state index contributed by atoms with van der Waals surface area (Å²) >= 11 is 0. The number of methoxy groups -OCH3 is 1. The van der Waals surface area contributed by atoms with Gasteiger partial charge in [0.25, 0.3) is 0 Å². The number of rotatable bonds is 1. The van der Waals surface area contributed by atoms with E-state index in [1.54, 1.807) is 18.2 Å². The van der Waals surface area contributed by atoms with Crippen molar-refractivity contribution in [1.29, 1.82) is 0 Å². The Kier molecular flexibility index (Phi) is 2.68. The van der Waals surface area contributed by atoms with Crippen LogP contribution in [0.3, 0.4) is 0 Å². The molecule has 0 saturated heterocycles. The van der Waals surface area contributed by atoms with Crippen LogP contribution >= 0.6 is 0 Å². The van der Waals surface area contributed by atoms with Crippen molar-refractivity contribution in [2.24, 2.45) is 5.10 Å². The number of nitrogens with zero attached hydrogens (tertiary/aromatic N) is 1. The smallest absolute Gasteiger partial charge is 0.359 e. The van der Waals surface area contributed by atoms with Crippen LogP contribution in [0.4, 0.5) is 0 Å². The highest BCUT2D eigenvalue weighted by Gasteiger charge is 2.22. The molecule has 1 heterocycles. The maximum Gasteiger partial charge on any atom is 0.359 e. The van der Waals surface area contributed by atoms with Gasteiger partial charge < -0.3 is 4.74 Å². The summed E-state index contributed by atoms with van der Waals surface area (Å²) in [6.45, 7) is 0. The van der Waals surface area contributed by atoms with E-state index in [1.807, 2.05) is 6.07 Å². The Labute approximate surface area is 92.1 Å². The van der Waals surface area contributed by atoms with E-state index >= 15 is 0 Å². The molecule has 5 nitrogen and oxygen atoms in total. The summed E-state index contributed by atoms with van der Waals surface area (Å²) in [6, 6.07) is 7.13. The van der Waals surface area contributed by atoms with E-state index in [0.717, 1.165) is 5.56 Å². The fourth-order valence-corrected chi connectivity index (χ4v) is 1.55. The molecule has 16 heavy (non-hydrogen) atoms. The quantitative estimate of drug-likeness (QED) is 0.686. The summed E-state index contributed by atoms with van der Waals surface area (Å²) in [6.07, 6.45) is 0.208. The van der Waals surface area contributed by atoms with E-state index in [4.69, 9.17) is 0 Å². The number of nitrogens with one attached hydrogen (secondary N) is 1. The van der Waals surface area contributed by atoms with Crippen molar-refractivity contribution < 1.29 is 14.3 Å². The van der Waals surface area contributed by atoms with E-state index in [-0.39, 0.29) is 18.0 Å². The molecule has 1 aliphatic heterocycles. The molecule has 0 saturated carbocycles. The van der Waals surface area contributed by atoms with E-state index in [1.165, 1.54) is 7.11 Å². The van der Waals surface area contributed by atoms with Gasteiger partial charge in [-0.3, -0.25) is 4.79 Å². The highest BCUT2D eigenvalue weighted by Crippen LogP contribution is 2.14. The first-order valence-corrected chi connectivity index (χ1v) is 4.75. The number of hydrazone groups is 1. The molecule has 1 aromatic rings. The Hall–Kier alpha value is -2.17. The second kappa shape index (κ2) is 4.14. The molecule has 0 atom stereocenters. The van der Waals surface area contributed by atoms with Gasteiger partial charge in [-0.25, -0.2) is 10.2 Å². The summed E-state index contributed by atoms with van der Waals surface area (Å²) in [5.74, 6) is -0.805. The Bertz CT molecular complexity index is 480. The highest BCUT2D eigenvalue weighted by molar-refractivity contribution is 6.43. The second-order valence-electron chi connectivity index (χ2n) is 3.32. The van der Waals surface area contributed by atoms with Crippen LogP contribution in [0.25, 0.3) is 0 Å². The predicted molar refractivity (Wildman–Crippen MR) is 56.8 cm³/mol. The fourth-order valence-electron chi connectivity index (χ4n) is 1.55. The number of esters is 1. The van der Waals surface area contributed by atoms with Crippen LogP contribution in [-0.2, 0) is 20.7 Å². The minimum atomic E-state index is -0.561. The molecule has 0 aliphatic carbocycles. The lowest BCUT2D eigenvalue weighted by atomic mass is 10.0. The molecule has 0 aromatic heterocycles. The van der Waals surface area contributed by atoms with E-state index in [2.05, 4.69) is 15.3 Å². The van der Waals surface area contributed by atoms with Crippen molar-refractivity contribution in [3.63, 3.8) is 0 Å².